The minimum Gasteiger partial charge on any atom is -0.310 e. The van der Waals surface area contributed by atoms with Crippen molar-refractivity contribution in [2.75, 3.05) is 18.6 Å². The lowest BCUT2D eigenvalue weighted by molar-refractivity contribution is 0.506. The molecule has 0 saturated carbocycles. The van der Waals surface area contributed by atoms with E-state index < -0.39 is 10.8 Å². The molecule has 6 nitrogen and oxygen atoms in total. The molecule has 1 N–H and O–H groups in total. The van der Waals surface area contributed by atoms with Crippen LogP contribution in [0.4, 0.5) is 0 Å². The molecule has 17 heavy (non-hydrogen) atoms. The molecule has 0 aromatic carbocycles. The fourth-order valence-electron chi connectivity index (χ4n) is 1.41. The van der Waals surface area contributed by atoms with Crippen LogP contribution in [0.3, 0.4) is 0 Å². The largest absolute Gasteiger partial charge is 0.310 e. The third-order valence-corrected chi connectivity index (χ3v) is 3.11. The van der Waals surface area contributed by atoms with Gasteiger partial charge in [-0.05, 0) is 29.3 Å². The Morgan fingerprint density at radius 1 is 1.47 bits per heavy atom. The zero-order chi connectivity index (χ0) is 12.7. The van der Waals surface area contributed by atoms with Crippen LogP contribution in [0.1, 0.15) is 26.1 Å². The summed E-state index contributed by atoms with van der Waals surface area (Å²) in [6, 6.07) is 0. The van der Waals surface area contributed by atoms with Crippen molar-refractivity contribution in [2.45, 2.75) is 33.4 Å². The number of nitrogens with zero attached hydrogens (tertiary/aromatic N) is 4. The monoisotopic (exact) mass is 259 g/mol. The van der Waals surface area contributed by atoms with E-state index in [0.717, 1.165) is 25.3 Å². The Labute approximate surface area is 105 Å². The van der Waals surface area contributed by atoms with Crippen molar-refractivity contribution in [1.82, 2.24) is 25.5 Å². The highest BCUT2D eigenvalue weighted by atomic mass is 32.2. The molecule has 0 amide bonds. The van der Waals surface area contributed by atoms with Crippen LogP contribution in [0.25, 0.3) is 0 Å². The summed E-state index contributed by atoms with van der Waals surface area (Å²) in [6.07, 6.45) is 2.55. The molecule has 0 aliphatic carbocycles. The van der Waals surface area contributed by atoms with E-state index in [1.807, 2.05) is 0 Å². The first-order valence-corrected chi connectivity index (χ1v) is 7.58. The molecule has 0 fully saturated rings. The quantitative estimate of drug-likeness (QED) is 0.721. The smallest absolute Gasteiger partial charge is 0.165 e. The Hall–Kier alpha value is -0.820. The molecule has 98 valence electrons. The first-order chi connectivity index (χ1) is 8.09. The highest BCUT2D eigenvalue weighted by Crippen LogP contribution is 1.96. The molecule has 0 saturated heterocycles. The summed E-state index contributed by atoms with van der Waals surface area (Å²) in [5, 5.41) is 14.9. The van der Waals surface area contributed by atoms with Crippen LogP contribution >= 0.6 is 0 Å². The van der Waals surface area contributed by atoms with Gasteiger partial charge in [-0.3, -0.25) is 4.21 Å². The van der Waals surface area contributed by atoms with Crippen LogP contribution in [0, 0.1) is 5.92 Å². The van der Waals surface area contributed by atoms with Gasteiger partial charge in [0.15, 0.2) is 5.82 Å². The van der Waals surface area contributed by atoms with Crippen LogP contribution in [-0.2, 0) is 23.9 Å². The topological polar surface area (TPSA) is 72.7 Å². The van der Waals surface area contributed by atoms with Gasteiger partial charge in [-0.1, -0.05) is 13.8 Å². The van der Waals surface area contributed by atoms with E-state index >= 15 is 0 Å². The van der Waals surface area contributed by atoms with Crippen molar-refractivity contribution in [3.63, 3.8) is 0 Å². The molecule has 1 heterocycles. The first kappa shape index (κ1) is 14.2. The zero-order valence-electron chi connectivity index (χ0n) is 10.7. The molecular formula is C10H21N5OS. The SMILES string of the molecule is CC(C)CNCc1nnnn1CCCS(C)=O. The normalized spacial score (nSPS) is 13.2. The minimum absolute atomic E-state index is 0.613. The standard InChI is InChI=1S/C10H21N5OS/c1-9(2)7-11-8-10-12-13-14-15(10)5-4-6-17(3)16/h9,11H,4-8H2,1-3H3. The minimum atomic E-state index is -0.743. The average Bonchev–Trinajstić information content (AvgIpc) is 2.65. The fraction of sp³-hybridized carbons (Fsp3) is 0.900. The predicted octanol–water partition coefficient (Wildman–Crippen LogP) is 0.187. The van der Waals surface area contributed by atoms with Crippen LogP contribution < -0.4 is 5.32 Å². The molecule has 0 spiro atoms. The molecule has 1 aromatic heterocycles. The lowest BCUT2D eigenvalue weighted by Crippen LogP contribution is -2.22. The number of tetrazole rings is 1. The number of nitrogens with one attached hydrogen (secondary N) is 1. The summed E-state index contributed by atoms with van der Waals surface area (Å²) in [5.41, 5.74) is 0. The maximum absolute atomic E-state index is 10.9. The van der Waals surface area contributed by atoms with Gasteiger partial charge in [-0.15, -0.1) is 5.10 Å². The van der Waals surface area contributed by atoms with Gasteiger partial charge in [0.25, 0.3) is 0 Å². The molecule has 1 rings (SSSR count). The van der Waals surface area contributed by atoms with Crippen molar-refractivity contribution in [3.8, 4) is 0 Å². The van der Waals surface area contributed by atoms with E-state index in [-0.39, 0.29) is 0 Å². The Morgan fingerprint density at radius 3 is 2.88 bits per heavy atom. The highest BCUT2D eigenvalue weighted by molar-refractivity contribution is 7.84. The van der Waals surface area contributed by atoms with E-state index in [0.29, 0.717) is 18.2 Å². The zero-order valence-corrected chi connectivity index (χ0v) is 11.5. The Kier molecular flexibility index (Phi) is 6.28. The number of aryl methyl sites for hydroxylation is 1. The fourth-order valence-corrected chi connectivity index (χ4v) is 1.95. The lowest BCUT2D eigenvalue weighted by Gasteiger charge is -2.07. The second-order valence-corrected chi connectivity index (χ2v) is 6.03. The van der Waals surface area contributed by atoms with Crippen molar-refractivity contribution in [2.24, 2.45) is 5.92 Å². The van der Waals surface area contributed by atoms with Gasteiger partial charge >= 0.3 is 0 Å². The van der Waals surface area contributed by atoms with Crippen molar-refractivity contribution in [1.29, 1.82) is 0 Å². The number of hydrogen-bond acceptors (Lipinski definition) is 5. The second-order valence-electron chi connectivity index (χ2n) is 4.47. The summed E-state index contributed by atoms with van der Waals surface area (Å²) in [6.45, 7) is 6.68. The van der Waals surface area contributed by atoms with Crippen LogP contribution in [-0.4, -0.2) is 43.0 Å². The van der Waals surface area contributed by atoms with Gasteiger partial charge < -0.3 is 5.32 Å². The maximum atomic E-state index is 10.9. The summed E-state index contributed by atoms with van der Waals surface area (Å²) in [5.74, 6) is 2.15. The molecule has 0 bridgehead atoms. The van der Waals surface area contributed by atoms with Gasteiger partial charge in [0, 0.05) is 29.4 Å². The molecular weight excluding hydrogens is 238 g/mol. The van der Waals surface area contributed by atoms with E-state index in [4.69, 9.17) is 0 Å². The Balaban J connectivity index is 2.34. The van der Waals surface area contributed by atoms with E-state index in [2.05, 4.69) is 34.7 Å². The third-order valence-electron chi connectivity index (χ3n) is 2.24. The predicted molar refractivity (Wildman–Crippen MR) is 67.9 cm³/mol. The number of aromatic nitrogens is 4. The average molecular weight is 259 g/mol. The molecule has 7 heteroatoms. The summed E-state index contributed by atoms with van der Waals surface area (Å²) in [7, 11) is -0.743. The highest BCUT2D eigenvalue weighted by Gasteiger charge is 2.05. The molecule has 1 unspecified atom stereocenters. The van der Waals surface area contributed by atoms with Crippen molar-refractivity contribution in [3.05, 3.63) is 5.82 Å². The molecule has 0 aliphatic rings. The van der Waals surface area contributed by atoms with Gasteiger partial charge in [0.05, 0.1) is 6.54 Å². The first-order valence-electron chi connectivity index (χ1n) is 5.85. The summed E-state index contributed by atoms with van der Waals surface area (Å²) < 4.78 is 12.7. The van der Waals surface area contributed by atoms with Crippen molar-refractivity contribution >= 4 is 10.8 Å². The van der Waals surface area contributed by atoms with Gasteiger partial charge in [-0.25, -0.2) is 4.68 Å². The van der Waals surface area contributed by atoms with E-state index in [9.17, 15) is 4.21 Å². The van der Waals surface area contributed by atoms with Crippen LogP contribution in [0.2, 0.25) is 0 Å². The molecule has 1 atom stereocenters. The van der Waals surface area contributed by atoms with Gasteiger partial charge in [-0.2, -0.15) is 0 Å². The summed E-state index contributed by atoms with van der Waals surface area (Å²) >= 11 is 0. The molecule has 1 aromatic rings. The number of hydrogen-bond donors (Lipinski definition) is 1. The maximum Gasteiger partial charge on any atom is 0.165 e. The molecule has 0 aliphatic heterocycles. The molecule has 0 radical (unpaired) electrons. The van der Waals surface area contributed by atoms with E-state index in [1.54, 1.807) is 10.9 Å². The Bertz CT molecular complexity index is 352. The van der Waals surface area contributed by atoms with Gasteiger partial charge in [0.1, 0.15) is 0 Å². The van der Waals surface area contributed by atoms with Gasteiger partial charge in [0.2, 0.25) is 0 Å². The lowest BCUT2D eigenvalue weighted by atomic mass is 10.2. The second kappa shape index (κ2) is 7.50. The van der Waals surface area contributed by atoms with Crippen LogP contribution in [0.5, 0.6) is 0 Å². The van der Waals surface area contributed by atoms with E-state index in [1.165, 1.54) is 0 Å². The van der Waals surface area contributed by atoms with Crippen LogP contribution in [0.15, 0.2) is 0 Å². The summed E-state index contributed by atoms with van der Waals surface area (Å²) in [4.78, 5) is 0. The van der Waals surface area contributed by atoms with Crippen molar-refractivity contribution < 1.29 is 4.21 Å². The Morgan fingerprint density at radius 2 is 2.24 bits per heavy atom. The third kappa shape index (κ3) is 5.88. The number of rotatable bonds is 8.